The number of halogens is 2. The molecule has 2 aliphatic heterocycles. The summed E-state index contributed by atoms with van der Waals surface area (Å²) in [5, 5.41) is 11.0. The molecule has 2 unspecified atom stereocenters. The summed E-state index contributed by atoms with van der Waals surface area (Å²) >= 11 is 0. The smallest absolute Gasteiger partial charge is 0.225 e. The minimum absolute atomic E-state index is 0. The van der Waals surface area contributed by atoms with E-state index in [1.54, 1.807) is 12.4 Å². The summed E-state index contributed by atoms with van der Waals surface area (Å²) in [5.74, 6) is 1.21. The predicted molar refractivity (Wildman–Crippen MR) is 106 cm³/mol. The van der Waals surface area contributed by atoms with Gasteiger partial charge in [-0.1, -0.05) is 0 Å². The molecule has 4 rings (SSSR count). The summed E-state index contributed by atoms with van der Waals surface area (Å²) in [4.78, 5) is 16.3. The number of amides is 1. The fourth-order valence-corrected chi connectivity index (χ4v) is 3.99. The van der Waals surface area contributed by atoms with Crippen LogP contribution in [-0.2, 0) is 11.3 Å². The van der Waals surface area contributed by atoms with Crippen LogP contribution in [0.5, 0.6) is 0 Å². The maximum atomic E-state index is 12.3. The number of pyridine rings is 1. The molecule has 2 bridgehead atoms. The molecule has 0 radical (unpaired) electrons. The Morgan fingerprint density at radius 1 is 1.15 bits per heavy atom. The second-order valence-electron chi connectivity index (χ2n) is 6.98. The largest absolute Gasteiger partial charge is 0.311 e. The predicted octanol–water partition coefficient (Wildman–Crippen LogP) is 3.03. The first-order chi connectivity index (χ1) is 11.7. The third kappa shape index (κ3) is 5.19. The second-order valence-corrected chi connectivity index (χ2v) is 6.98. The van der Waals surface area contributed by atoms with Gasteiger partial charge in [0.1, 0.15) is 0 Å². The summed E-state index contributed by atoms with van der Waals surface area (Å²) in [6.45, 7) is 0.677. The fourth-order valence-electron chi connectivity index (χ4n) is 3.99. The lowest BCUT2D eigenvalue weighted by atomic mass is 9.89. The van der Waals surface area contributed by atoms with E-state index < -0.39 is 0 Å². The van der Waals surface area contributed by atoms with Crippen molar-refractivity contribution in [1.82, 2.24) is 20.1 Å². The molecule has 2 fully saturated rings. The quantitative estimate of drug-likeness (QED) is 0.812. The number of hydrogen-bond donors (Lipinski definition) is 2. The van der Waals surface area contributed by atoms with Crippen molar-refractivity contribution in [3.05, 3.63) is 42.4 Å². The first-order valence-electron chi connectivity index (χ1n) is 8.73. The van der Waals surface area contributed by atoms with Gasteiger partial charge in [0.2, 0.25) is 5.91 Å². The number of hydrogen-bond acceptors (Lipinski definition) is 4. The Kier molecular flexibility index (Phi) is 7.43. The van der Waals surface area contributed by atoms with Crippen LogP contribution in [0.4, 0.5) is 5.82 Å². The van der Waals surface area contributed by atoms with Gasteiger partial charge < -0.3 is 10.6 Å². The summed E-state index contributed by atoms with van der Waals surface area (Å²) < 4.78 is 1.83. The topological polar surface area (TPSA) is 71.8 Å². The van der Waals surface area contributed by atoms with E-state index in [1.807, 2.05) is 29.1 Å². The molecule has 0 spiro atoms. The van der Waals surface area contributed by atoms with E-state index in [2.05, 4.69) is 20.7 Å². The highest BCUT2D eigenvalue weighted by atomic mass is 35.5. The molecular formula is C18H25Cl2N5O. The molecule has 2 aromatic heterocycles. The Morgan fingerprint density at radius 3 is 2.54 bits per heavy atom. The first-order valence-corrected chi connectivity index (χ1v) is 8.73. The van der Waals surface area contributed by atoms with Gasteiger partial charge in [-0.25, -0.2) is 0 Å². The SMILES string of the molecule is Cl.Cl.O=C(CC1CC2CCC(C1)N2)Nc1ccn(Cc2ccncc2)n1. The minimum atomic E-state index is 0. The number of carbonyl (C=O) groups is 1. The molecule has 2 aliphatic rings. The van der Waals surface area contributed by atoms with Gasteiger partial charge >= 0.3 is 0 Å². The summed E-state index contributed by atoms with van der Waals surface area (Å²) in [5.41, 5.74) is 1.14. The molecule has 2 N–H and O–H groups in total. The highest BCUT2D eigenvalue weighted by molar-refractivity contribution is 5.89. The van der Waals surface area contributed by atoms with Crippen molar-refractivity contribution < 1.29 is 4.79 Å². The van der Waals surface area contributed by atoms with Crippen molar-refractivity contribution in [1.29, 1.82) is 0 Å². The standard InChI is InChI=1S/C18H23N5O.2ClH/c24-18(11-14-9-15-1-2-16(10-14)20-15)21-17-5-8-23(22-17)12-13-3-6-19-7-4-13;;/h3-8,14-16,20H,1-2,9-12H2,(H,21,22,24);2*1H. The van der Waals surface area contributed by atoms with E-state index in [9.17, 15) is 4.79 Å². The van der Waals surface area contributed by atoms with Crippen molar-refractivity contribution in [2.24, 2.45) is 5.92 Å². The maximum absolute atomic E-state index is 12.3. The molecular weight excluding hydrogens is 373 g/mol. The number of nitrogens with zero attached hydrogens (tertiary/aromatic N) is 3. The van der Waals surface area contributed by atoms with Gasteiger partial charge in [0.05, 0.1) is 6.54 Å². The van der Waals surface area contributed by atoms with E-state index in [0.29, 0.717) is 36.8 Å². The molecule has 1 amide bonds. The van der Waals surface area contributed by atoms with Crippen LogP contribution in [0, 0.1) is 5.92 Å². The normalized spacial score (nSPS) is 23.6. The summed E-state index contributed by atoms with van der Waals surface area (Å²) in [6, 6.07) is 7.03. The van der Waals surface area contributed by atoms with Gasteiger partial charge in [0.15, 0.2) is 5.82 Å². The van der Waals surface area contributed by atoms with Gasteiger partial charge in [-0.05, 0) is 49.3 Å². The van der Waals surface area contributed by atoms with Crippen LogP contribution >= 0.6 is 24.8 Å². The average molecular weight is 398 g/mol. The maximum Gasteiger partial charge on any atom is 0.225 e. The zero-order chi connectivity index (χ0) is 16.4. The summed E-state index contributed by atoms with van der Waals surface area (Å²) in [7, 11) is 0. The molecule has 2 saturated heterocycles. The molecule has 6 nitrogen and oxygen atoms in total. The van der Waals surface area contributed by atoms with Gasteiger partial charge in [0, 0.05) is 43.2 Å². The van der Waals surface area contributed by atoms with Crippen LogP contribution in [0.2, 0.25) is 0 Å². The van der Waals surface area contributed by atoms with E-state index >= 15 is 0 Å². The van der Waals surface area contributed by atoms with Gasteiger partial charge in [-0.2, -0.15) is 5.10 Å². The summed E-state index contributed by atoms with van der Waals surface area (Å²) in [6.07, 6.45) is 10.8. The Morgan fingerprint density at radius 2 is 1.85 bits per heavy atom. The zero-order valence-corrected chi connectivity index (χ0v) is 16.1. The Bertz CT molecular complexity index is 697. The molecule has 8 heteroatoms. The van der Waals surface area contributed by atoms with Crippen LogP contribution in [0.15, 0.2) is 36.8 Å². The van der Waals surface area contributed by atoms with Crippen molar-refractivity contribution in [3.8, 4) is 0 Å². The van der Waals surface area contributed by atoms with Crippen molar-refractivity contribution in [2.45, 2.75) is 50.7 Å². The lowest BCUT2D eigenvalue weighted by Gasteiger charge is -2.28. The number of rotatable bonds is 5. The average Bonchev–Trinajstić information content (AvgIpc) is 3.14. The zero-order valence-electron chi connectivity index (χ0n) is 14.5. The number of nitrogens with one attached hydrogen (secondary N) is 2. The van der Waals surface area contributed by atoms with Crippen LogP contribution in [0.1, 0.15) is 37.7 Å². The highest BCUT2D eigenvalue weighted by Crippen LogP contribution is 2.32. The van der Waals surface area contributed by atoms with Crippen molar-refractivity contribution in [3.63, 3.8) is 0 Å². The van der Waals surface area contributed by atoms with Crippen LogP contribution in [0.3, 0.4) is 0 Å². The number of piperidine rings is 1. The monoisotopic (exact) mass is 397 g/mol. The number of carbonyl (C=O) groups excluding carboxylic acids is 1. The minimum Gasteiger partial charge on any atom is -0.311 e. The van der Waals surface area contributed by atoms with Crippen LogP contribution < -0.4 is 10.6 Å². The van der Waals surface area contributed by atoms with Crippen LogP contribution in [0.25, 0.3) is 0 Å². The number of anilines is 1. The molecule has 4 heterocycles. The third-order valence-electron chi connectivity index (χ3n) is 5.05. The lowest BCUT2D eigenvalue weighted by molar-refractivity contribution is -0.117. The Labute approximate surface area is 166 Å². The first kappa shape index (κ1) is 20.7. The molecule has 0 saturated carbocycles. The highest BCUT2D eigenvalue weighted by Gasteiger charge is 2.34. The van der Waals surface area contributed by atoms with E-state index in [4.69, 9.17) is 0 Å². The number of fused-ring (bicyclic) bond motifs is 2. The third-order valence-corrected chi connectivity index (χ3v) is 5.05. The van der Waals surface area contributed by atoms with Gasteiger partial charge in [0.25, 0.3) is 0 Å². The van der Waals surface area contributed by atoms with Crippen molar-refractivity contribution in [2.75, 3.05) is 5.32 Å². The van der Waals surface area contributed by atoms with Gasteiger partial charge in [-0.15, -0.1) is 24.8 Å². The Balaban J connectivity index is 0.00000121. The molecule has 0 aromatic carbocycles. The van der Waals surface area contributed by atoms with E-state index in [0.717, 1.165) is 18.4 Å². The van der Waals surface area contributed by atoms with Crippen LogP contribution in [-0.4, -0.2) is 32.8 Å². The Hall–Kier alpha value is -1.63. The lowest BCUT2D eigenvalue weighted by Crippen LogP contribution is -2.39. The van der Waals surface area contributed by atoms with E-state index in [-0.39, 0.29) is 30.7 Å². The fraction of sp³-hybridized carbons (Fsp3) is 0.500. The molecule has 2 aromatic rings. The second kappa shape index (κ2) is 9.35. The van der Waals surface area contributed by atoms with Gasteiger partial charge in [-0.3, -0.25) is 14.5 Å². The number of aromatic nitrogens is 3. The molecule has 2 atom stereocenters. The molecule has 26 heavy (non-hydrogen) atoms. The molecule has 142 valence electrons. The molecule has 0 aliphatic carbocycles. The van der Waals surface area contributed by atoms with E-state index in [1.165, 1.54) is 12.8 Å². The van der Waals surface area contributed by atoms with Crippen molar-refractivity contribution >= 4 is 36.5 Å².